The van der Waals surface area contributed by atoms with Gasteiger partial charge in [0.1, 0.15) is 6.04 Å². The highest BCUT2D eigenvalue weighted by Crippen LogP contribution is 2.55. The first-order chi connectivity index (χ1) is 10.7. The van der Waals surface area contributed by atoms with Crippen LogP contribution in [0.5, 0.6) is 0 Å². The van der Waals surface area contributed by atoms with Gasteiger partial charge in [-0.15, -0.1) is 0 Å². The van der Waals surface area contributed by atoms with Crippen LogP contribution in [0.25, 0.3) is 0 Å². The van der Waals surface area contributed by atoms with Gasteiger partial charge in [-0.25, -0.2) is 4.79 Å². The van der Waals surface area contributed by atoms with Crippen LogP contribution < -0.4 is 5.32 Å². The summed E-state index contributed by atoms with van der Waals surface area (Å²) in [6.45, 7) is 1.46. The molecule has 0 unspecified atom stereocenters. The highest BCUT2D eigenvalue weighted by atomic mass is 16.2. The van der Waals surface area contributed by atoms with Gasteiger partial charge in [0.2, 0.25) is 0 Å². The van der Waals surface area contributed by atoms with Crippen molar-refractivity contribution in [2.24, 2.45) is 17.8 Å². The van der Waals surface area contributed by atoms with Crippen molar-refractivity contribution < 1.29 is 4.79 Å². The zero-order valence-corrected chi connectivity index (χ0v) is 12.8. The Morgan fingerprint density at radius 3 is 2.09 bits per heavy atom. The minimum atomic E-state index is 0.112. The van der Waals surface area contributed by atoms with Crippen LogP contribution in [0.2, 0.25) is 0 Å². The maximum absolute atomic E-state index is 12.6. The Balaban J connectivity index is 1.23. The number of nitrogens with zero attached hydrogens (tertiary/aromatic N) is 4. The van der Waals surface area contributed by atoms with Crippen molar-refractivity contribution >= 4 is 6.03 Å². The molecular weight excluding hydrogens is 278 g/mol. The topological polar surface area (TPSA) is 63.1 Å². The van der Waals surface area contributed by atoms with E-state index in [1.807, 2.05) is 4.90 Å². The zero-order valence-electron chi connectivity index (χ0n) is 12.8. The molecule has 2 amide bonds. The fraction of sp³-hybridized carbons (Fsp3) is 0.812. The summed E-state index contributed by atoms with van der Waals surface area (Å²) in [5, 5.41) is 11.7. The Bertz CT molecular complexity index is 542. The Hall–Kier alpha value is -1.59. The van der Waals surface area contributed by atoms with Gasteiger partial charge in [-0.1, -0.05) is 0 Å². The molecule has 0 radical (unpaired) electrons. The van der Waals surface area contributed by atoms with Crippen molar-refractivity contribution in [1.82, 2.24) is 25.2 Å². The smallest absolute Gasteiger partial charge is 0.317 e. The molecule has 2 heterocycles. The van der Waals surface area contributed by atoms with Crippen molar-refractivity contribution in [1.29, 1.82) is 0 Å². The number of urea groups is 1. The molecular formula is C16H23N5O. The first kappa shape index (κ1) is 12.9. The van der Waals surface area contributed by atoms with Crippen LogP contribution in [0.3, 0.4) is 0 Å². The first-order valence-corrected chi connectivity index (χ1v) is 8.62. The molecule has 6 nitrogen and oxygen atoms in total. The standard InChI is InChI=1S/C16H23N5O/c22-15(20-9-14(10-20)21-17-1-2-18-21)19-16-6-11-3-12(7-16)5-13(4-11)8-16/h1-2,11-14H,3-10H2,(H,19,22). The zero-order chi connectivity index (χ0) is 14.7. The quantitative estimate of drug-likeness (QED) is 0.906. The molecule has 22 heavy (non-hydrogen) atoms. The van der Waals surface area contributed by atoms with Crippen molar-refractivity contribution in [3.63, 3.8) is 0 Å². The summed E-state index contributed by atoms with van der Waals surface area (Å²) in [4.78, 5) is 16.2. The van der Waals surface area contributed by atoms with E-state index in [1.165, 1.54) is 38.5 Å². The molecule has 5 fully saturated rings. The van der Waals surface area contributed by atoms with Crippen LogP contribution in [0, 0.1) is 17.8 Å². The molecule has 6 heteroatoms. The number of hydrogen-bond donors (Lipinski definition) is 1. The molecule has 4 bridgehead atoms. The van der Waals surface area contributed by atoms with Gasteiger partial charge in [0.25, 0.3) is 0 Å². The van der Waals surface area contributed by atoms with E-state index in [-0.39, 0.29) is 17.6 Å². The van der Waals surface area contributed by atoms with Gasteiger partial charge in [0.05, 0.1) is 12.4 Å². The normalized spacial score (nSPS) is 39.8. The van der Waals surface area contributed by atoms with Gasteiger partial charge in [0.15, 0.2) is 0 Å². The second-order valence-electron chi connectivity index (χ2n) is 8.04. The van der Waals surface area contributed by atoms with E-state index in [4.69, 9.17) is 0 Å². The molecule has 1 aliphatic heterocycles. The monoisotopic (exact) mass is 301 g/mol. The Morgan fingerprint density at radius 2 is 1.55 bits per heavy atom. The molecule has 0 atom stereocenters. The number of carbonyl (C=O) groups excluding carboxylic acids is 1. The third-order valence-electron chi connectivity index (χ3n) is 6.32. The highest BCUT2D eigenvalue weighted by Gasteiger charge is 2.52. The van der Waals surface area contributed by atoms with E-state index < -0.39 is 0 Å². The number of carbonyl (C=O) groups is 1. The third-order valence-corrected chi connectivity index (χ3v) is 6.32. The van der Waals surface area contributed by atoms with Crippen molar-refractivity contribution in [3.05, 3.63) is 12.4 Å². The van der Waals surface area contributed by atoms with E-state index in [2.05, 4.69) is 15.5 Å². The maximum Gasteiger partial charge on any atom is 0.317 e. The molecule has 5 aliphatic rings. The van der Waals surface area contributed by atoms with Gasteiger partial charge in [-0.2, -0.15) is 15.0 Å². The molecule has 118 valence electrons. The summed E-state index contributed by atoms with van der Waals surface area (Å²) in [5.74, 6) is 2.59. The van der Waals surface area contributed by atoms with Gasteiger partial charge < -0.3 is 10.2 Å². The van der Waals surface area contributed by atoms with Crippen LogP contribution in [0.1, 0.15) is 44.6 Å². The minimum Gasteiger partial charge on any atom is -0.333 e. The molecule has 1 aromatic heterocycles. The van der Waals surface area contributed by atoms with Gasteiger partial charge in [-0.05, 0) is 56.3 Å². The van der Waals surface area contributed by atoms with Crippen molar-refractivity contribution in [2.45, 2.75) is 50.1 Å². The number of aromatic nitrogens is 3. The molecule has 0 aromatic carbocycles. The SMILES string of the molecule is O=C(NC12CC3CC(CC(C3)C1)C2)N1CC(n2nccn2)C1. The van der Waals surface area contributed by atoms with E-state index >= 15 is 0 Å². The average Bonchev–Trinajstić information content (AvgIpc) is 2.88. The summed E-state index contributed by atoms with van der Waals surface area (Å²) >= 11 is 0. The third kappa shape index (κ3) is 1.96. The lowest BCUT2D eigenvalue weighted by Gasteiger charge is -2.57. The van der Waals surface area contributed by atoms with Crippen molar-refractivity contribution in [2.75, 3.05) is 13.1 Å². The van der Waals surface area contributed by atoms with Crippen molar-refractivity contribution in [3.8, 4) is 0 Å². The van der Waals surface area contributed by atoms with Crippen LogP contribution >= 0.6 is 0 Å². The van der Waals surface area contributed by atoms with Gasteiger partial charge in [-0.3, -0.25) is 0 Å². The predicted molar refractivity (Wildman–Crippen MR) is 80.1 cm³/mol. The van der Waals surface area contributed by atoms with E-state index in [0.29, 0.717) is 0 Å². The lowest BCUT2D eigenvalue weighted by atomic mass is 9.53. The average molecular weight is 301 g/mol. The summed E-state index contributed by atoms with van der Waals surface area (Å²) in [6, 6.07) is 0.377. The van der Waals surface area contributed by atoms with Gasteiger partial charge >= 0.3 is 6.03 Å². The Kier molecular flexibility index (Phi) is 2.62. The summed E-state index contributed by atoms with van der Waals surface area (Å²) in [7, 11) is 0. The molecule has 1 aromatic rings. The summed E-state index contributed by atoms with van der Waals surface area (Å²) in [6.07, 6.45) is 11.2. The minimum absolute atomic E-state index is 0.112. The predicted octanol–water partition coefficient (Wildman–Crippen LogP) is 1.81. The van der Waals surface area contributed by atoms with Crippen LogP contribution in [0.4, 0.5) is 4.79 Å². The van der Waals surface area contributed by atoms with Crippen LogP contribution in [0.15, 0.2) is 12.4 Å². The number of likely N-dealkylation sites (tertiary alicyclic amines) is 1. The molecule has 1 N–H and O–H groups in total. The lowest BCUT2D eigenvalue weighted by Crippen LogP contribution is -2.64. The fourth-order valence-corrected chi connectivity index (χ4v) is 5.75. The molecule has 4 aliphatic carbocycles. The van der Waals surface area contributed by atoms with E-state index in [0.717, 1.165) is 30.8 Å². The van der Waals surface area contributed by atoms with E-state index in [1.54, 1.807) is 17.2 Å². The van der Waals surface area contributed by atoms with Crippen LogP contribution in [-0.4, -0.2) is 44.6 Å². The molecule has 0 spiro atoms. The Morgan fingerprint density at radius 1 is 1.00 bits per heavy atom. The first-order valence-electron chi connectivity index (χ1n) is 8.62. The van der Waals surface area contributed by atoms with Crippen LogP contribution in [-0.2, 0) is 0 Å². The second kappa shape index (κ2) is 4.46. The Labute approximate surface area is 130 Å². The summed E-state index contributed by atoms with van der Waals surface area (Å²) in [5.41, 5.74) is 0.112. The fourth-order valence-electron chi connectivity index (χ4n) is 5.75. The number of rotatable bonds is 2. The second-order valence-corrected chi connectivity index (χ2v) is 8.04. The van der Waals surface area contributed by atoms with Gasteiger partial charge in [0, 0.05) is 18.6 Å². The number of nitrogens with one attached hydrogen (secondary N) is 1. The summed E-state index contributed by atoms with van der Waals surface area (Å²) < 4.78 is 0. The molecule has 4 saturated carbocycles. The number of hydrogen-bond acceptors (Lipinski definition) is 3. The maximum atomic E-state index is 12.6. The highest BCUT2D eigenvalue weighted by molar-refractivity contribution is 5.76. The van der Waals surface area contributed by atoms with E-state index in [9.17, 15) is 4.79 Å². The lowest BCUT2D eigenvalue weighted by molar-refractivity contribution is -0.0182. The number of amides is 2. The molecule has 6 rings (SSSR count). The largest absolute Gasteiger partial charge is 0.333 e. The molecule has 1 saturated heterocycles.